The Bertz CT molecular complexity index is 914. The maximum absolute atomic E-state index is 14.8. The zero-order valence-electron chi connectivity index (χ0n) is 15.4. The van der Waals surface area contributed by atoms with E-state index < -0.39 is 35.9 Å². The number of ether oxygens (including phenoxy) is 1. The lowest BCUT2D eigenvalue weighted by Crippen LogP contribution is -2.33. The van der Waals surface area contributed by atoms with E-state index in [1.165, 1.54) is 11.8 Å². The molecule has 0 aromatic heterocycles. The van der Waals surface area contributed by atoms with Gasteiger partial charge in [-0.05, 0) is 17.7 Å². The quantitative estimate of drug-likeness (QED) is 0.732. The summed E-state index contributed by atoms with van der Waals surface area (Å²) in [6, 6.07) is 0.989. The maximum Gasteiger partial charge on any atom is 0.414 e. The maximum atomic E-state index is 14.8. The summed E-state index contributed by atoms with van der Waals surface area (Å²) in [5, 5.41) is 12.5. The summed E-state index contributed by atoms with van der Waals surface area (Å²) < 4.78 is 34.6. The minimum atomic E-state index is -0.876. The van der Waals surface area contributed by atoms with E-state index in [1.54, 1.807) is 6.08 Å². The van der Waals surface area contributed by atoms with Gasteiger partial charge in [0.15, 0.2) is 0 Å². The van der Waals surface area contributed by atoms with Gasteiger partial charge in [-0.15, -0.1) is 0 Å². The number of hydroxylamine groups is 2. The van der Waals surface area contributed by atoms with Crippen LogP contribution in [0.5, 0.6) is 0 Å². The molecule has 2 fully saturated rings. The van der Waals surface area contributed by atoms with E-state index in [0.717, 1.165) is 17.0 Å². The molecule has 0 spiro atoms. The Morgan fingerprint density at radius 1 is 1.28 bits per heavy atom. The second kappa shape index (κ2) is 6.99. The lowest BCUT2D eigenvalue weighted by molar-refractivity contribution is -0.119. The lowest BCUT2D eigenvalue weighted by atomic mass is 10.0. The van der Waals surface area contributed by atoms with Gasteiger partial charge >= 0.3 is 12.1 Å². The van der Waals surface area contributed by atoms with Crippen LogP contribution in [-0.2, 0) is 9.53 Å². The second-order valence-electron chi connectivity index (χ2n) is 7.09. The van der Waals surface area contributed by atoms with E-state index in [9.17, 15) is 28.4 Å². The summed E-state index contributed by atoms with van der Waals surface area (Å²) >= 11 is 0. The summed E-state index contributed by atoms with van der Waals surface area (Å²) in [6.07, 6.45) is 0.152. The van der Waals surface area contributed by atoms with Crippen molar-refractivity contribution in [3.8, 4) is 0 Å². The average Bonchev–Trinajstić information content (AvgIpc) is 3.28. The topological polar surface area (TPSA) is 102 Å². The van der Waals surface area contributed by atoms with Crippen LogP contribution < -0.4 is 10.2 Å². The van der Waals surface area contributed by atoms with Gasteiger partial charge < -0.3 is 15.0 Å². The Kier molecular flexibility index (Phi) is 4.61. The molecule has 2 atom stereocenters. The van der Waals surface area contributed by atoms with Gasteiger partial charge in [-0.3, -0.25) is 14.9 Å². The van der Waals surface area contributed by atoms with Crippen LogP contribution >= 0.6 is 0 Å². The van der Waals surface area contributed by atoms with E-state index in [0.29, 0.717) is 10.6 Å². The van der Waals surface area contributed by atoms with Gasteiger partial charge in [0, 0.05) is 13.5 Å². The Hall–Kier alpha value is -3.21. The highest BCUT2D eigenvalue weighted by atomic mass is 19.1. The molecule has 1 aromatic rings. The summed E-state index contributed by atoms with van der Waals surface area (Å²) in [7, 11) is 0. The predicted molar refractivity (Wildman–Crippen MR) is 95.0 cm³/mol. The van der Waals surface area contributed by atoms with Crippen molar-refractivity contribution in [1.29, 1.82) is 0 Å². The van der Waals surface area contributed by atoms with Crippen molar-refractivity contribution in [2.75, 3.05) is 31.1 Å². The largest absolute Gasteiger partial charge is 0.442 e. The van der Waals surface area contributed by atoms with E-state index in [1.807, 2.05) is 0 Å². The number of carbonyl (C=O) groups excluding carboxylic acids is 3. The number of nitrogens with one attached hydrogen (secondary N) is 1. The molecule has 0 saturated carbocycles. The van der Waals surface area contributed by atoms with Gasteiger partial charge in [0.2, 0.25) is 5.91 Å². The SMILES string of the molecule is CC(=O)NC[C@H]1CN(c2cc(F)c(C3=CC4CN(O)C(=O)N4C3)c(F)c2)C(=O)O1. The lowest BCUT2D eigenvalue weighted by Gasteiger charge is -2.17. The van der Waals surface area contributed by atoms with Crippen LogP contribution in [0, 0.1) is 11.6 Å². The number of halogens is 2. The molecule has 3 heterocycles. The number of cyclic esters (lactones) is 1. The van der Waals surface area contributed by atoms with Crippen LogP contribution in [-0.4, -0.2) is 71.5 Å². The first-order chi connectivity index (χ1) is 13.7. The number of rotatable bonds is 4. The molecule has 0 radical (unpaired) electrons. The molecule has 3 aliphatic heterocycles. The molecule has 4 amide bonds. The molecule has 154 valence electrons. The Labute approximate surface area is 164 Å². The number of carbonyl (C=O) groups is 3. The fourth-order valence-corrected chi connectivity index (χ4v) is 3.72. The standard InChI is InChI=1S/C18H18F2N4O5/c1-9(25)21-5-13-8-23(18(27)29-13)11-3-14(19)16(15(20)4-11)10-2-12-7-24(28)17(26)22(12)6-10/h2-4,12-13,28H,5-8H2,1H3,(H,21,25)/t12?,13-/m0/s1. The number of anilines is 1. The van der Waals surface area contributed by atoms with Gasteiger partial charge in [-0.25, -0.2) is 23.4 Å². The average molecular weight is 408 g/mol. The van der Waals surface area contributed by atoms with Gasteiger partial charge in [0.1, 0.15) is 17.7 Å². The van der Waals surface area contributed by atoms with Crippen molar-refractivity contribution in [3.63, 3.8) is 0 Å². The minimum absolute atomic E-state index is 0.00391. The fraction of sp³-hybridized carbons (Fsp3) is 0.389. The van der Waals surface area contributed by atoms with Gasteiger partial charge in [-0.2, -0.15) is 0 Å². The van der Waals surface area contributed by atoms with Crippen molar-refractivity contribution in [1.82, 2.24) is 15.3 Å². The number of nitrogens with zero attached hydrogens (tertiary/aromatic N) is 3. The third-order valence-corrected chi connectivity index (χ3v) is 5.07. The Morgan fingerprint density at radius 2 is 1.97 bits per heavy atom. The van der Waals surface area contributed by atoms with Crippen LogP contribution in [0.25, 0.3) is 5.57 Å². The van der Waals surface area contributed by atoms with Crippen LogP contribution in [0.2, 0.25) is 0 Å². The molecule has 4 rings (SSSR count). The van der Waals surface area contributed by atoms with Crippen LogP contribution in [0.3, 0.4) is 0 Å². The van der Waals surface area contributed by atoms with E-state index in [4.69, 9.17) is 4.74 Å². The van der Waals surface area contributed by atoms with Crippen molar-refractivity contribution in [3.05, 3.63) is 35.4 Å². The molecule has 0 aliphatic carbocycles. The molecule has 1 aromatic carbocycles. The summed E-state index contributed by atoms with van der Waals surface area (Å²) in [4.78, 5) is 37.3. The first kappa shape index (κ1) is 19.1. The smallest absolute Gasteiger partial charge is 0.414 e. The van der Waals surface area contributed by atoms with Crippen LogP contribution in [0.1, 0.15) is 12.5 Å². The molecule has 9 nitrogen and oxygen atoms in total. The van der Waals surface area contributed by atoms with E-state index in [2.05, 4.69) is 5.32 Å². The van der Waals surface area contributed by atoms with Gasteiger partial charge in [-0.1, -0.05) is 6.08 Å². The highest BCUT2D eigenvalue weighted by Gasteiger charge is 2.41. The molecule has 0 bridgehead atoms. The molecular weight excluding hydrogens is 390 g/mol. The summed E-state index contributed by atoms with van der Waals surface area (Å²) in [5.41, 5.74) is 0.0177. The van der Waals surface area contributed by atoms with Crippen molar-refractivity contribution >= 4 is 29.3 Å². The summed E-state index contributed by atoms with van der Waals surface area (Å²) in [6.45, 7) is 1.46. The highest BCUT2D eigenvalue weighted by Crippen LogP contribution is 2.35. The Morgan fingerprint density at radius 3 is 2.59 bits per heavy atom. The predicted octanol–water partition coefficient (Wildman–Crippen LogP) is 1.32. The number of benzene rings is 1. The van der Waals surface area contributed by atoms with Crippen molar-refractivity contribution in [2.24, 2.45) is 0 Å². The van der Waals surface area contributed by atoms with E-state index in [-0.39, 0.29) is 43.3 Å². The first-order valence-electron chi connectivity index (χ1n) is 8.94. The third-order valence-electron chi connectivity index (χ3n) is 5.07. The van der Waals surface area contributed by atoms with E-state index >= 15 is 0 Å². The Balaban J connectivity index is 1.54. The fourth-order valence-electron chi connectivity index (χ4n) is 3.72. The van der Waals surface area contributed by atoms with Crippen molar-refractivity contribution in [2.45, 2.75) is 19.1 Å². The zero-order chi connectivity index (χ0) is 20.9. The molecule has 29 heavy (non-hydrogen) atoms. The molecular formula is C18H18F2N4O5. The molecule has 1 unspecified atom stereocenters. The number of hydrogen-bond acceptors (Lipinski definition) is 5. The molecule has 2 N–H and O–H groups in total. The molecule has 11 heteroatoms. The number of fused-ring (bicyclic) bond motifs is 1. The zero-order valence-corrected chi connectivity index (χ0v) is 15.4. The molecule has 2 saturated heterocycles. The van der Waals surface area contributed by atoms with Gasteiger partial charge in [0.25, 0.3) is 0 Å². The van der Waals surface area contributed by atoms with Gasteiger partial charge in [0.05, 0.1) is 36.9 Å². The normalized spacial score (nSPS) is 23.4. The molecule has 3 aliphatic rings. The first-order valence-corrected chi connectivity index (χ1v) is 8.94. The number of hydrogen-bond donors (Lipinski definition) is 2. The van der Waals surface area contributed by atoms with Crippen LogP contribution in [0.15, 0.2) is 18.2 Å². The number of amides is 4. The highest BCUT2D eigenvalue weighted by molar-refractivity contribution is 5.90. The minimum Gasteiger partial charge on any atom is -0.442 e. The van der Waals surface area contributed by atoms with Crippen LogP contribution in [0.4, 0.5) is 24.1 Å². The third kappa shape index (κ3) is 3.37. The summed E-state index contributed by atoms with van der Waals surface area (Å²) in [5.74, 6) is -2.04. The monoisotopic (exact) mass is 408 g/mol. The van der Waals surface area contributed by atoms with Crippen molar-refractivity contribution < 1.29 is 33.1 Å². The number of urea groups is 1. The second-order valence-corrected chi connectivity index (χ2v) is 7.09.